The maximum Gasteiger partial charge on any atom is 0.407 e. The van der Waals surface area contributed by atoms with E-state index in [0.29, 0.717) is 38.1 Å². The second kappa shape index (κ2) is 11.2. The lowest BCUT2D eigenvalue weighted by atomic mass is 10.2. The van der Waals surface area contributed by atoms with Crippen molar-refractivity contribution in [3.05, 3.63) is 23.9 Å². The molecule has 0 fully saturated rings. The van der Waals surface area contributed by atoms with Gasteiger partial charge in [-0.15, -0.1) is 0 Å². The van der Waals surface area contributed by atoms with Crippen molar-refractivity contribution in [2.75, 3.05) is 26.7 Å². The molecular formula is C18H31N5O3. The van der Waals surface area contributed by atoms with E-state index in [1.165, 1.54) is 0 Å². The summed E-state index contributed by atoms with van der Waals surface area (Å²) < 4.78 is 10.7. The predicted octanol–water partition coefficient (Wildman–Crippen LogP) is 2.06. The number of amides is 1. The lowest BCUT2D eigenvalue weighted by Gasteiger charge is -2.19. The van der Waals surface area contributed by atoms with Crippen LogP contribution in [0.4, 0.5) is 4.79 Å². The summed E-state index contributed by atoms with van der Waals surface area (Å²) in [6.45, 7) is 9.75. The van der Waals surface area contributed by atoms with Crippen molar-refractivity contribution in [1.82, 2.24) is 20.9 Å². The minimum absolute atomic E-state index is 0.403. The van der Waals surface area contributed by atoms with Crippen molar-refractivity contribution in [2.45, 2.75) is 46.3 Å². The molecule has 0 unspecified atom stereocenters. The lowest BCUT2D eigenvalue weighted by Crippen LogP contribution is -2.39. The Balaban J connectivity index is 2.29. The van der Waals surface area contributed by atoms with Crippen molar-refractivity contribution in [2.24, 2.45) is 4.99 Å². The Morgan fingerprint density at radius 3 is 2.62 bits per heavy atom. The summed E-state index contributed by atoms with van der Waals surface area (Å²) in [7, 11) is 1.71. The molecule has 146 valence electrons. The van der Waals surface area contributed by atoms with Crippen LogP contribution in [0.25, 0.3) is 0 Å². The molecule has 0 radical (unpaired) electrons. The van der Waals surface area contributed by atoms with Crippen molar-refractivity contribution >= 4 is 12.1 Å². The van der Waals surface area contributed by atoms with Gasteiger partial charge in [0.25, 0.3) is 0 Å². The Kier molecular flexibility index (Phi) is 9.25. The van der Waals surface area contributed by atoms with Gasteiger partial charge in [-0.3, -0.25) is 4.99 Å². The zero-order chi connectivity index (χ0) is 19.4. The van der Waals surface area contributed by atoms with Crippen LogP contribution in [-0.2, 0) is 11.3 Å². The zero-order valence-corrected chi connectivity index (χ0v) is 16.4. The Morgan fingerprint density at radius 2 is 1.96 bits per heavy atom. The quantitative estimate of drug-likeness (QED) is 0.371. The first-order chi connectivity index (χ1) is 12.4. The first-order valence-corrected chi connectivity index (χ1v) is 8.83. The summed E-state index contributed by atoms with van der Waals surface area (Å²) in [4.78, 5) is 20.0. The van der Waals surface area contributed by atoms with Gasteiger partial charge in [0, 0.05) is 38.4 Å². The molecule has 1 heterocycles. The molecule has 0 aliphatic rings. The van der Waals surface area contributed by atoms with Crippen LogP contribution in [0.3, 0.4) is 0 Å². The van der Waals surface area contributed by atoms with Crippen LogP contribution in [0.5, 0.6) is 5.88 Å². The molecule has 1 amide bonds. The van der Waals surface area contributed by atoms with E-state index in [1.54, 1.807) is 13.2 Å². The van der Waals surface area contributed by atoms with Gasteiger partial charge in [0.05, 0.1) is 6.61 Å². The van der Waals surface area contributed by atoms with E-state index in [-0.39, 0.29) is 0 Å². The molecule has 0 saturated carbocycles. The van der Waals surface area contributed by atoms with Gasteiger partial charge in [0.15, 0.2) is 5.96 Å². The van der Waals surface area contributed by atoms with Crippen LogP contribution >= 0.6 is 0 Å². The van der Waals surface area contributed by atoms with Crippen molar-refractivity contribution in [3.63, 3.8) is 0 Å². The maximum absolute atomic E-state index is 11.5. The third-order valence-corrected chi connectivity index (χ3v) is 3.12. The summed E-state index contributed by atoms with van der Waals surface area (Å²) in [5.41, 5.74) is 0.477. The molecule has 0 bridgehead atoms. The van der Waals surface area contributed by atoms with Crippen molar-refractivity contribution in [3.8, 4) is 5.88 Å². The summed E-state index contributed by atoms with van der Waals surface area (Å²) >= 11 is 0. The van der Waals surface area contributed by atoms with Gasteiger partial charge in [0.1, 0.15) is 5.60 Å². The van der Waals surface area contributed by atoms with E-state index < -0.39 is 11.7 Å². The molecule has 0 aliphatic heterocycles. The number of hydrogen-bond donors (Lipinski definition) is 3. The van der Waals surface area contributed by atoms with Crippen molar-refractivity contribution in [1.29, 1.82) is 0 Å². The van der Waals surface area contributed by atoms with E-state index in [4.69, 9.17) is 9.47 Å². The van der Waals surface area contributed by atoms with Crippen LogP contribution in [0, 0.1) is 0 Å². The first-order valence-electron chi connectivity index (χ1n) is 8.83. The molecule has 0 atom stereocenters. The van der Waals surface area contributed by atoms with E-state index in [9.17, 15) is 4.79 Å². The van der Waals surface area contributed by atoms with Gasteiger partial charge in [-0.1, -0.05) is 6.07 Å². The number of carbonyl (C=O) groups is 1. The number of aliphatic imine (C=N–C) groups is 1. The number of nitrogens with one attached hydrogen (secondary N) is 3. The maximum atomic E-state index is 11.5. The van der Waals surface area contributed by atoms with Gasteiger partial charge >= 0.3 is 6.09 Å². The van der Waals surface area contributed by atoms with Crippen LogP contribution in [-0.4, -0.2) is 49.4 Å². The largest absolute Gasteiger partial charge is 0.478 e. The van der Waals surface area contributed by atoms with Gasteiger partial charge in [-0.25, -0.2) is 9.78 Å². The third-order valence-electron chi connectivity index (χ3n) is 3.12. The lowest BCUT2D eigenvalue weighted by molar-refractivity contribution is 0.0527. The highest BCUT2D eigenvalue weighted by molar-refractivity contribution is 5.79. The summed E-state index contributed by atoms with van der Waals surface area (Å²) in [6, 6.07) is 3.83. The number of nitrogens with zero attached hydrogens (tertiary/aromatic N) is 2. The van der Waals surface area contributed by atoms with Gasteiger partial charge in [-0.05, 0) is 40.2 Å². The molecule has 0 spiro atoms. The highest BCUT2D eigenvalue weighted by Gasteiger charge is 2.15. The molecule has 1 aromatic heterocycles. The monoisotopic (exact) mass is 365 g/mol. The van der Waals surface area contributed by atoms with Crippen LogP contribution in [0.15, 0.2) is 23.3 Å². The number of guanidine groups is 1. The van der Waals surface area contributed by atoms with E-state index in [0.717, 1.165) is 12.0 Å². The third kappa shape index (κ3) is 9.10. The molecule has 0 aliphatic carbocycles. The van der Waals surface area contributed by atoms with E-state index >= 15 is 0 Å². The molecule has 0 saturated heterocycles. The molecule has 8 heteroatoms. The fourth-order valence-electron chi connectivity index (χ4n) is 2.02. The highest BCUT2D eigenvalue weighted by atomic mass is 16.6. The van der Waals surface area contributed by atoms with E-state index in [2.05, 4.69) is 25.9 Å². The number of alkyl carbamates (subject to hydrolysis) is 1. The molecular weight excluding hydrogens is 334 g/mol. The Labute approximate surface area is 155 Å². The Bertz CT molecular complexity index is 584. The Morgan fingerprint density at radius 1 is 1.23 bits per heavy atom. The molecule has 1 aromatic rings. The number of rotatable bonds is 8. The highest BCUT2D eigenvalue weighted by Crippen LogP contribution is 2.13. The van der Waals surface area contributed by atoms with E-state index in [1.807, 2.05) is 39.8 Å². The minimum atomic E-state index is -0.485. The Hall–Kier alpha value is -2.51. The van der Waals surface area contributed by atoms with Crippen LogP contribution < -0.4 is 20.7 Å². The van der Waals surface area contributed by atoms with Gasteiger partial charge < -0.3 is 25.4 Å². The number of carbonyl (C=O) groups excluding carboxylic acids is 1. The number of aromatic nitrogens is 1. The predicted molar refractivity (Wildman–Crippen MR) is 102 cm³/mol. The molecule has 0 aromatic carbocycles. The first kappa shape index (κ1) is 21.5. The zero-order valence-electron chi connectivity index (χ0n) is 16.4. The number of ether oxygens (including phenoxy) is 2. The van der Waals surface area contributed by atoms with Crippen molar-refractivity contribution < 1.29 is 14.3 Å². The second-order valence-electron chi connectivity index (χ2n) is 6.54. The normalized spacial score (nSPS) is 11.7. The fraction of sp³-hybridized carbons (Fsp3) is 0.611. The van der Waals surface area contributed by atoms with Crippen LogP contribution in [0.2, 0.25) is 0 Å². The topological polar surface area (TPSA) is 96.9 Å². The molecule has 3 N–H and O–H groups in total. The summed E-state index contributed by atoms with van der Waals surface area (Å²) in [5, 5.41) is 9.14. The minimum Gasteiger partial charge on any atom is -0.478 e. The molecule has 26 heavy (non-hydrogen) atoms. The molecule has 8 nitrogen and oxygen atoms in total. The van der Waals surface area contributed by atoms with Crippen LogP contribution in [0.1, 0.15) is 39.7 Å². The smallest absolute Gasteiger partial charge is 0.407 e. The average molecular weight is 365 g/mol. The number of pyridine rings is 1. The summed E-state index contributed by atoms with van der Waals surface area (Å²) in [5.74, 6) is 1.30. The summed E-state index contributed by atoms with van der Waals surface area (Å²) in [6.07, 6.45) is 2.05. The standard InChI is InChI=1S/C18H31N5O3/c1-6-25-15-14(9-7-10-20-15)13-23-16(19-5)21-11-8-12-22-17(24)26-18(2,3)4/h7,9-10H,6,8,11-13H2,1-5H3,(H,22,24)(H2,19,21,23). The fourth-order valence-corrected chi connectivity index (χ4v) is 2.02. The number of hydrogen-bond acceptors (Lipinski definition) is 5. The molecule has 1 rings (SSSR count). The second-order valence-corrected chi connectivity index (χ2v) is 6.54. The SMILES string of the molecule is CCOc1ncccc1CNC(=NC)NCCCNC(=O)OC(C)(C)C. The van der Waals surface area contributed by atoms with Gasteiger partial charge in [0.2, 0.25) is 5.88 Å². The van der Waals surface area contributed by atoms with Gasteiger partial charge in [-0.2, -0.15) is 0 Å². The average Bonchev–Trinajstić information content (AvgIpc) is 2.57.